The molecule has 0 atom stereocenters. The second-order valence-electron chi connectivity index (χ2n) is 7.50. The van der Waals surface area contributed by atoms with E-state index in [9.17, 15) is 9.59 Å². The number of rotatable bonds is 7. The first-order valence-electron chi connectivity index (χ1n) is 10.7. The molecule has 0 bridgehead atoms. The van der Waals surface area contributed by atoms with Crippen LogP contribution in [0.15, 0.2) is 59.8 Å². The van der Waals surface area contributed by atoms with Crippen LogP contribution in [0.25, 0.3) is 5.69 Å². The van der Waals surface area contributed by atoms with E-state index in [0.29, 0.717) is 16.4 Å². The Hall–Kier alpha value is -3.33. The SMILES string of the molecule is CNC(=O)c1cccc(NC(=O)CSc2nnc(N3CCCCC3)n2-c2ccccc2)c1. The number of aromatic nitrogens is 3. The summed E-state index contributed by atoms with van der Waals surface area (Å²) in [6, 6.07) is 16.8. The standard InChI is InChI=1S/C23H26N6O2S/c1-24-21(31)17-9-8-10-18(15-17)25-20(30)16-32-23-27-26-22(28-13-6-3-7-14-28)29(23)19-11-4-2-5-12-19/h2,4-5,8-12,15H,3,6-7,13-14,16H2,1H3,(H,24,31)(H,25,30). The number of para-hydroxylation sites is 1. The maximum absolute atomic E-state index is 12.6. The predicted octanol–water partition coefficient (Wildman–Crippen LogP) is 3.35. The molecule has 166 valence electrons. The van der Waals surface area contributed by atoms with Crippen molar-refractivity contribution in [3.8, 4) is 5.69 Å². The number of carbonyl (C=O) groups is 2. The Kier molecular flexibility index (Phi) is 7.06. The molecular weight excluding hydrogens is 424 g/mol. The maximum atomic E-state index is 12.6. The zero-order chi connectivity index (χ0) is 22.3. The van der Waals surface area contributed by atoms with Crippen molar-refractivity contribution in [2.75, 3.05) is 36.1 Å². The van der Waals surface area contributed by atoms with Crippen molar-refractivity contribution in [3.05, 3.63) is 60.2 Å². The van der Waals surface area contributed by atoms with Gasteiger partial charge in [0, 0.05) is 31.4 Å². The summed E-state index contributed by atoms with van der Waals surface area (Å²) >= 11 is 1.34. The summed E-state index contributed by atoms with van der Waals surface area (Å²) in [5.74, 6) is 0.620. The third-order valence-electron chi connectivity index (χ3n) is 5.24. The van der Waals surface area contributed by atoms with Gasteiger partial charge in [0.15, 0.2) is 5.16 Å². The van der Waals surface area contributed by atoms with E-state index in [0.717, 1.165) is 37.6 Å². The fourth-order valence-corrected chi connectivity index (χ4v) is 4.41. The molecule has 2 amide bonds. The highest BCUT2D eigenvalue weighted by Crippen LogP contribution is 2.28. The number of piperidine rings is 1. The van der Waals surface area contributed by atoms with Gasteiger partial charge in [-0.2, -0.15) is 0 Å². The lowest BCUT2D eigenvalue weighted by Crippen LogP contribution is -2.31. The highest BCUT2D eigenvalue weighted by atomic mass is 32.2. The Bertz CT molecular complexity index is 1080. The number of hydrogen-bond acceptors (Lipinski definition) is 6. The lowest BCUT2D eigenvalue weighted by atomic mass is 10.1. The fourth-order valence-electron chi connectivity index (χ4n) is 3.67. The summed E-state index contributed by atoms with van der Waals surface area (Å²) in [6.07, 6.45) is 3.52. The highest BCUT2D eigenvalue weighted by Gasteiger charge is 2.22. The largest absolute Gasteiger partial charge is 0.355 e. The summed E-state index contributed by atoms with van der Waals surface area (Å²) in [4.78, 5) is 26.7. The van der Waals surface area contributed by atoms with Gasteiger partial charge in [-0.25, -0.2) is 0 Å². The van der Waals surface area contributed by atoms with Crippen LogP contribution in [0.1, 0.15) is 29.6 Å². The first-order valence-corrected chi connectivity index (χ1v) is 11.6. The number of amides is 2. The molecule has 3 aromatic rings. The molecule has 4 rings (SSSR count). The van der Waals surface area contributed by atoms with Crippen LogP contribution in [0, 0.1) is 0 Å². The zero-order valence-corrected chi connectivity index (χ0v) is 18.8. The van der Waals surface area contributed by atoms with Crippen LogP contribution in [0.2, 0.25) is 0 Å². The molecule has 2 N–H and O–H groups in total. The lowest BCUT2D eigenvalue weighted by Gasteiger charge is -2.27. The van der Waals surface area contributed by atoms with Gasteiger partial charge in [-0.1, -0.05) is 36.0 Å². The van der Waals surface area contributed by atoms with Crippen LogP contribution in [0.3, 0.4) is 0 Å². The summed E-state index contributed by atoms with van der Waals surface area (Å²) in [5.41, 5.74) is 2.04. The van der Waals surface area contributed by atoms with Crippen molar-refractivity contribution in [2.24, 2.45) is 0 Å². The molecule has 0 radical (unpaired) electrons. The summed E-state index contributed by atoms with van der Waals surface area (Å²) < 4.78 is 2.02. The van der Waals surface area contributed by atoms with E-state index < -0.39 is 0 Å². The van der Waals surface area contributed by atoms with Gasteiger partial charge in [-0.05, 0) is 49.6 Å². The van der Waals surface area contributed by atoms with Crippen molar-refractivity contribution in [1.29, 1.82) is 0 Å². The molecule has 1 aliphatic rings. The van der Waals surface area contributed by atoms with Crippen molar-refractivity contribution < 1.29 is 9.59 Å². The van der Waals surface area contributed by atoms with E-state index in [1.807, 2.05) is 34.9 Å². The molecule has 2 aromatic carbocycles. The smallest absolute Gasteiger partial charge is 0.251 e. The van der Waals surface area contributed by atoms with Gasteiger partial charge in [0.2, 0.25) is 11.9 Å². The minimum absolute atomic E-state index is 0.175. The van der Waals surface area contributed by atoms with Crippen LogP contribution >= 0.6 is 11.8 Å². The number of anilines is 2. The van der Waals surface area contributed by atoms with Gasteiger partial charge in [-0.15, -0.1) is 10.2 Å². The van der Waals surface area contributed by atoms with E-state index in [2.05, 4.69) is 25.7 Å². The Balaban J connectivity index is 1.49. The van der Waals surface area contributed by atoms with E-state index >= 15 is 0 Å². The number of hydrogen-bond donors (Lipinski definition) is 2. The molecule has 32 heavy (non-hydrogen) atoms. The van der Waals surface area contributed by atoms with Crippen LogP contribution in [-0.2, 0) is 4.79 Å². The normalized spacial score (nSPS) is 13.6. The molecule has 0 unspecified atom stereocenters. The quantitative estimate of drug-likeness (QED) is 0.537. The monoisotopic (exact) mass is 450 g/mol. The molecular formula is C23H26N6O2S. The summed E-state index contributed by atoms with van der Waals surface area (Å²) in [7, 11) is 1.57. The van der Waals surface area contributed by atoms with Gasteiger partial charge in [0.05, 0.1) is 11.4 Å². The van der Waals surface area contributed by atoms with Crippen molar-refractivity contribution in [2.45, 2.75) is 24.4 Å². The Morgan fingerprint density at radius 2 is 1.78 bits per heavy atom. The van der Waals surface area contributed by atoms with Gasteiger partial charge >= 0.3 is 0 Å². The van der Waals surface area contributed by atoms with Crippen LogP contribution in [0.4, 0.5) is 11.6 Å². The molecule has 2 heterocycles. The first-order chi connectivity index (χ1) is 15.7. The molecule has 0 spiro atoms. The highest BCUT2D eigenvalue weighted by molar-refractivity contribution is 7.99. The van der Waals surface area contributed by atoms with E-state index in [1.54, 1.807) is 31.3 Å². The van der Waals surface area contributed by atoms with Crippen molar-refractivity contribution in [1.82, 2.24) is 20.1 Å². The zero-order valence-electron chi connectivity index (χ0n) is 18.0. The number of thioether (sulfide) groups is 1. The number of nitrogens with one attached hydrogen (secondary N) is 2. The second-order valence-corrected chi connectivity index (χ2v) is 8.44. The molecule has 9 heteroatoms. The second kappa shape index (κ2) is 10.3. The molecule has 1 aliphatic heterocycles. The first kappa shape index (κ1) is 21.9. The van der Waals surface area contributed by atoms with Gasteiger partial charge in [0.1, 0.15) is 0 Å². The minimum atomic E-state index is -0.198. The molecule has 0 saturated carbocycles. The Morgan fingerprint density at radius 3 is 2.53 bits per heavy atom. The molecule has 1 aromatic heterocycles. The van der Waals surface area contributed by atoms with E-state index in [-0.39, 0.29) is 17.6 Å². The number of nitrogens with zero attached hydrogens (tertiary/aromatic N) is 4. The molecule has 8 nitrogen and oxygen atoms in total. The van der Waals surface area contributed by atoms with Crippen LogP contribution in [-0.4, -0.2) is 52.5 Å². The minimum Gasteiger partial charge on any atom is -0.355 e. The van der Waals surface area contributed by atoms with Crippen molar-refractivity contribution in [3.63, 3.8) is 0 Å². The van der Waals surface area contributed by atoms with Crippen molar-refractivity contribution >= 4 is 35.2 Å². The molecule has 1 fully saturated rings. The Morgan fingerprint density at radius 1 is 1.00 bits per heavy atom. The van der Waals surface area contributed by atoms with Crippen LogP contribution in [0.5, 0.6) is 0 Å². The maximum Gasteiger partial charge on any atom is 0.251 e. The average molecular weight is 451 g/mol. The summed E-state index contributed by atoms with van der Waals surface area (Å²) in [5, 5.41) is 15.0. The van der Waals surface area contributed by atoms with E-state index in [4.69, 9.17) is 0 Å². The lowest BCUT2D eigenvalue weighted by molar-refractivity contribution is -0.113. The van der Waals surface area contributed by atoms with Crippen LogP contribution < -0.4 is 15.5 Å². The average Bonchev–Trinajstić information content (AvgIpc) is 3.27. The number of benzene rings is 2. The van der Waals surface area contributed by atoms with Gasteiger partial charge < -0.3 is 15.5 Å². The predicted molar refractivity (Wildman–Crippen MR) is 127 cm³/mol. The molecule has 0 aliphatic carbocycles. The summed E-state index contributed by atoms with van der Waals surface area (Å²) in [6.45, 7) is 1.91. The molecule has 1 saturated heterocycles. The Labute approximate surface area is 191 Å². The van der Waals surface area contributed by atoms with Gasteiger partial charge in [-0.3, -0.25) is 14.2 Å². The van der Waals surface area contributed by atoms with E-state index in [1.165, 1.54) is 18.2 Å². The topological polar surface area (TPSA) is 92.2 Å². The third-order valence-corrected chi connectivity index (χ3v) is 6.17. The fraction of sp³-hybridized carbons (Fsp3) is 0.304. The third kappa shape index (κ3) is 5.11. The number of carbonyl (C=O) groups excluding carboxylic acids is 2. The van der Waals surface area contributed by atoms with Gasteiger partial charge in [0.25, 0.3) is 5.91 Å².